The van der Waals surface area contributed by atoms with Gasteiger partial charge in [-0.15, -0.1) is 11.3 Å². The lowest BCUT2D eigenvalue weighted by Gasteiger charge is -2.07. The fourth-order valence-corrected chi connectivity index (χ4v) is 3.94. The van der Waals surface area contributed by atoms with Crippen molar-refractivity contribution < 1.29 is 23.1 Å². The summed E-state index contributed by atoms with van der Waals surface area (Å²) in [6.45, 7) is 0. The highest BCUT2D eigenvalue weighted by Crippen LogP contribution is 2.28. The largest absolute Gasteiger partial charge is 0.465 e. The molecule has 0 saturated carbocycles. The van der Waals surface area contributed by atoms with Gasteiger partial charge in [0, 0.05) is 11.4 Å². The van der Waals surface area contributed by atoms with E-state index in [0.717, 1.165) is 17.4 Å². The number of amides is 2. The molecule has 0 aliphatic rings. The molecule has 0 unspecified atom stereocenters. The van der Waals surface area contributed by atoms with E-state index < -0.39 is 16.1 Å². The van der Waals surface area contributed by atoms with Crippen LogP contribution in [0.2, 0.25) is 0 Å². The van der Waals surface area contributed by atoms with Gasteiger partial charge >= 0.3 is 6.09 Å². The van der Waals surface area contributed by atoms with Crippen LogP contribution in [0.5, 0.6) is 0 Å². The Balaban J connectivity index is 1.75. The number of hydrogen-bond acceptors (Lipinski definition) is 5. The Morgan fingerprint density at radius 3 is 2.24 bits per heavy atom. The van der Waals surface area contributed by atoms with Gasteiger partial charge in [-0.25, -0.2) is 13.2 Å². The first-order chi connectivity index (χ1) is 13.7. The lowest BCUT2D eigenvalue weighted by molar-refractivity contribution is 0.103. The topological polar surface area (TPSA) is 125 Å². The van der Waals surface area contributed by atoms with Gasteiger partial charge in [-0.05, 0) is 52.9 Å². The highest BCUT2D eigenvalue weighted by molar-refractivity contribution is 7.92. The summed E-state index contributed by atoms with van der Waals surface area (Å²) < 4.78 is 25.0. The van der Waals surface area contributed by atoms with Crippen molar-refractivity contribution in [1.29, 1.82) is 0 Å². The zero-order chi connectivity index (χ0) is 21.0. The molecule has 10 heteroatoms. The summed E-state index contributed by atoms with van der Waals surface area (Å²) in [6.07, 6.45) is -0.105. The Hall–Kier alpha value is -3.37. The van der Waals surface area contributed by atoms with E-state index in [1.54, 1.807) is 47.8 Å². The van der Waals surface area contributed by atoms with E-state index in [4.69, 9.17) is 5.11 Å². The highest BCUT2D eigenvalue weighted by Gasteiger charge is 2.12. The van der Waals surface area contributed by atoms with Crippen LogP contribution in [-0.2, 0) is 10.0 Å². The fourth-order valence-electron chi connectivity index (χ4n) is 2.57. The molecule has 29 heavy (non-hydrogen) atoms. The van der Waals surface area contributed by atoms with Crippen LogP contribution in [0.15, 0.2) is 60.0 Å². The number of thiophene rings is 1. The van der Waals surface area contributed by atoms with Crippen molar-refractivity contribution in [3.63, 3.8) is 0 Å². The molecule has 0 bridgehead atoms. The zero-order valence-electron chi connectivity index (χ0n) is 15.2. The highest BCUT2D eigenvalue weighted by atomic mass is 32.2. The molecule has 0 radical (unpaired) electrons. The third-order valence-corrected chi connectivity index (χ3v) is 5.23. The summed E-state index contributed by atoms with van der Waals surface area (Å²) in [5.74, 6) is -0.336. The Morgan fingerprint density at radius 2 is 1.55 bits per heavy atom. The number of rotatable bonds is 6. The van der Waals surface area contributed by atoms with Gasteiger partial charge in [-0.2, -0.15) is 0 Å². The van der Waals surface area contributed by atoms with Crippen LogP contribution >= 0.6 is 11.3 Å². The molecule has 0 spiro atoms. The van der Waals surface area contributed by atoms with Gasteiger partial charge < -0.3 is 10.4 Å². The van der Waals surface area contributed by atoms with E-state index in [1.165, 1.54) is 17.4 Å². The van der Waals surface area contributed by atoms with Gasteiger partial charge in [-0.3, -0.25) is 14.8 Å². The normalized spacial score (nSPS) is 10.9. The Morgan fingerprint density at radius 1 is 0.897 bits per heavy atom. The van der Waals surface area contributed by atoms with Crippen LogP contribution in [0.4, 0.5) is 21.9 Å². The van der Waals surface area contributed by atoms with E-state index >= 15 is 0 Å². The maximum absolute atomic E-state index is 12.5. The molecule has 3 rings (SSSR count). The molecule has 0 aliphatic heterocycles. The van der Waals surface area contributed by atoms with Crippen LogP contribution in [-0.4, -0.2) is 31.8 Å². The van der Waals surface area contributed by atoms with Gasteiger partial charge in [-0.1, -0.05) is 18.2 Å². The summed E-state index contributed by atoms with van der Waals surface area (Å²) in [7, 11) is -3.42. The van der Waals surface area contributed by atoms with Crippen LogP contribution in [0.1, 0.15) is 9.67 Å². The number of sulfonamides is 1. The van der Waals surface area contributed by atoms with Gasteiger partial charge in [0.1, 0.15) is 0 Å². The predicted molar refractivity (Wildman–Crippen MR) is 114 cm³/mol. The second-order valence-corrected chi connectivity index (χ2v) is 8.78. The number of carbonyl (C=O) groups excluding carboxylic acids is 1. The molecule has 3 aromatic rings. The van der Waals surface area contributed by atoms with Crippen LogP contribution in [0.3, 0.4) is 0 Å². The number of hydrogen-bond donors (Lipinski definition) is 4. The quantitative estimate of drug-likeness (QED) is 0.467. The van der Waals surface area contributed by atoms with E-state index in [0.29, 0.717) is 21.9 Å². The van der Waals surface area contributed by atoms with Crippen LogP contribution < -0.4 is 15.4 Å². The predicted octanol–water partition coefficient (Wildman–Crippen LogP) is 4.13. The minimum Gasteiger partial charge on any atom is -0.465 e. The molecule has 1 aromatic heterocycles. The molecule has 1 heterocycles. The molecule has 8 nitrogen and oxygen atoms in total. The van der Waals surface area contributed by atoms with Crippen molar-refractivity contribution in [1.82, 2.24) is 0 Å². The van der Waals surface area contributed by atoms with Crippen molar-refractivity contribution in [2.24, 2.45) is 0 Å². The lowest BCUT2D eigenvalue weighted by atomic mass is 10.1. The molecular weight excluding hydrogens is 414 g/mol. The van der Waals surface area contributed by atoms with E-state index in [2.05, 4.69) is 15.4 Å². The van der Waals surface area contributed by atoms with Gasteiger partial charge in [0.15, 0.2) is 0 Å². The Bertz CT molecular complexity index is 1170. The van der Waals surface area contributed by atoms with Gasteiger partial charge in [0.2, 0.25) is 10.0 Å². The molecule has 2 amide bonds. The number of carboxylic acid groups (broad SMARTS) is 1. The van der Waals surface area contributed by atoms with Crippen LogP contribution in [0, 0.1) is 0 Å². The monoisotopic (exact) mass is 431 g/mol. The molecular formula is C19H17N3O5S2. The molecule has 0 aliphatic carbocycles. The minimum absolute atomic E-state index is 0.336. The SMILES string of the molecule is CS(=O)(=O)Nc1cccc(NC(=O)c2cc(-c3cccc(NC(=O)O)c3)cs2)c1. The first kappa shape index (κ1) is 20.4. The summed E-state index contributed by atoms with van der Waals surface area (Å²) in [5.41, 5.74) is 2.78. The summed E-state index contributed by atoms with van der Waals surface area (Å²) in [6, 6.07) is 14.9. The number of benzene rings is 2. The van der Waals surface area contributed by atoms with Crippen molar-refractivity contribution in [2.75, 3.05) is 21.6 Å². The number of carbonyl (C=O) groups is 2. The third-order valence-electron chi connectivity index (χ3n) is 3.69. The van der Waals surface area contributed by atoms with Crippen molar-refractivity contribution in [2.45, 2.75) is 0 Å². The van der Waals surface area contributed by atoms with E-state index in [9.17, 15) is 18.0 Å². The number of nitrogens with one attached hydrogen (secondary N) is 3. The molecule has 0 fully saturated rings. The average Bonchev–Trinajstić information content (AvgIpc) is 3.10. The first-order valence-corrected chi connectivity index (χ1v) is 11.0. The molecule has 4 N–H and O–H groups in total. The molecule has 0 atom stereocenters. The minimum atomic E-state index is -3.42. The average molecular weight is 431 g/mol. The van der Waals surface area contributed by atoms with Gasteiger partial charge in [0.05, 0.1) is 16.8 Å². The van der Waals surface area contributed by atoms with E-state index in [1.807, 2.05) is 6.07 Å². The number of anilines is 3. The maximum atomic E-state index is 12.5. The van der Waals surface area contributed by atoms with Crippen LogP contribution in [0.25, 0.3) is 11.1 Å². The Kier molecular flexibility index (Phi) is 5.85. The lowest BCUT2D eigenvalue weighted by Crippen LogP contribution is -2.12. The van der Waals surface area contributed by atoms with E-state index in [-0.39, 0.29) is 5.91 Å². The Labute approximate surface area is 171 Å². The zero-order valence-corrected chi connectivity index (χ0v) is 16.8. The second kappa shape index (κ2) is 8.33. The smallest absolute Gasteiger partial charge is 0.409 e. The second-order valence-electron chi connectivity index (χ2n) is 6.12. The fraction of sp³-hybridized carbons (Fsp3) is 0.0526. The maximum Gasteiger partial charge on any atom is 0.409 e. The molecule has 0 saturated heterocycles. The van der Waals surface area contributed by atoms with Crippen molar-refractivity contribution in [3.05, 3.63) is 64.9 Å². The first-order valence-electron chi connectivity index (χ1n) is 8.28. The molecule has 2 aromatic carbocycles. The third kappa shape index (κ3) is 5.80. The van der Waals surface area contributed by atoms with Gasteiger partial charge in [0.25, 0.3) is 5.91 Å². The molecule has 150 valence electrons. The summed E-state index contributed by atoms with van der Waals surface area (Å²) >= 11 is 1.25. The van der Waals surface area contributed by atoms with Crippen molar-refractivity contribution >= 4 is 50.4 Å². The summed E-state index contributed by atoms with van der Waals surface area (Å²) in [4.78, 5) is 23.8. The standard InChI is InChI=1S/C19H17N3O5S2/c1-29(26,27)22-16-7-3-6-15(10-16)20-18(23)17-9-13(11-28-17)12-4-2-5-14(8-12)21-19(24)25/h2-11,21-22H,1H3,(H,20,23)(H,24,25). The van der Waals surface area contributed by atoms with Crippen molar-refractivity contribution in [3.8, 4) is 11.1 Å². The summed E-state index contributed by atoms with van der Waals surface area (Å²) in [5, 5.41) is 15.7.